The topological polar surface area (TPSA) is 9.23 Å². The van der Waals surface area contributed by atoms with Gasteiger partial charge in [-0.3, -0.25) is 0 Å². The van der Waals surface area contributed by atoms with Crippen molar-refractivity contribution in [1.82, 2.24) is 0 Å². The maximum atomic E-state index is 5.29. The van der Waals surface area contributed by atoms with Crippen LogP contribution in [0.25, 0.3) is 0 Å². The molecule has 0 heterocycles. The van der Waals surface area contributed by atoms with Crippen LogP contribution in [0.4, 0.5) is 0 Å². The van der Waals surface area contributed by atoms with E-state index in [-0.39, 0.29) is 5.60 Å². The summed E-state index contributed by atoms with van der Waals surface area (Å²) < 4.78 is 5.29. The van der Waals surface area contributed by atoms with Gasteiger partial charge >= 0.3 is 0 Å². The van der Waals surface area contributed by atoms with Crippen molar-refractivity contribution in [2.75, 3.05) is 7.11 Å². The summed E-state index contributed by atoms with van der Waals surface area (Å²) in [5, 5.41) is 0. The Morgan fingerprint density at radius 1 is 1.33 bits per heavy atom. The lowest BCUT2D eigenvalue weighted by Crippen LogP contribution is -2.21. The molecular weight excluding hydrogens is 148 g/mol. The molecule has 0 atom stereocenters. The van der Waals surface area contributed by atoms with Gasteiger partial charge in [0.25, 0.3) is 0 Å². The predicted molar refractivity (Wildman–Crippen MR) is 54.1 cm³/mol. The third-order valence-corrected chi connectivity index (χ3v) is 1.88. The molecule has 0 aliphatic rings. The van der Waals surface area contributed by atoms with Gasteiger partial charge in [0.15, 0.2) is 0 Å². The molecule has 0 aromatic rings. The zero-order chi connectivity index (χ0) is 9.61. The van der Waals surface area contributed by atoms with Gasteiger partial charge in [-0.2, -0.15) is 0 Å². The molecule has 0 unspecified atom stereocenters. The second kappa shape index (κ2) is 5.36. The smallest absolute Gasteiger partial charge is 0.0625 e. The van der Waals surface area contributed by atoms with E-state index in [1.165, 1.54) is 5.57 Å². The second-order valence-corrected chi connectivity index (χ2v) is 3.97. The first-order valence-electron chi connectivity index (χ1n) is 4.48. The first kappa shape index (κ1) is 11.7. The highest BCUT2D eigenvalue weighted by atomic mass is 16.5. The minimum atomic E-state index is -0.00448. The minimum absolute atomic E-state index is 0.00448. The summed E-state index contributed by atoms with van der Waals surface area (Å²) in [5.41, 5.74) is 1.37. The molecule has 0 bridgehead atoms. The number of rotatable bonds is 5. The van der Waals surface area contributed by atoms with Crippen LogP contribution in [0.1, 0.15) is 40.5 Å². The van der Waals surface area contributed by atoms with Crippen LogP contribution in [0.3, 0.4) is 0 Å². The Morgan fingerprint density at radius 3 is 2.33 bits per heavy atom. The van der Waals surface area contributed by atoms with Gasteiger partial charge in [-0.25, -0.2) is 0 Å². The van der Waals surface area contributed by atoms with Gasteiger partial charge in [-0.15, -0.1) is 0 Å². The average Bonchev–Trinajstić information content (AvgIpc) is 1.98. The molecule has 0 rings (SSSR count). The van der Waals surface area contributed by atoms with Crippen molar-refractivity contribution >= 4 is 0 Å². The van der Waals surface area contributed by atoms with Crippen molar-refractivity contribution in [3.63, 3.8) is 0 Å². The number of methoxy groups -OCH3 is 1. The van der Waals surface area contributed by atoms with Crippen LogP contribution in [0.2, 0.25) is 0 Å². The fourth-order valence-electron chi connectivity index (χ4n) is 0.833. The maximum Gasteiger partial charge on any atom is 0.0625 e. The Hall–Kier alpha value is -0.300. The average molecular weight is 169 g/mol. The zero-order valence-corrected chi connectivity index (χ0v) is 8.98. The predicted octanol–water partition coefficient (Wildman–Crippen LogP) is 3.36. The molecule has 0 aliphatic heterocycles. The minimum Gasteiger partial charge on any atom is -0.379 e. The summed E-state index contributed by atoms with van der Waals surface area (Å²) >= 11 is 0. The quantitative estimate of drug-likeness (QED) is 0.453. The molecule has 71 valence electrons. The highest BCUT2D eigenvalue weighted by Gasteiger charge is 2.14. The number of ether oxygens (including phenoxy) is 1. The van der Waals surface area contributed by atoms with Gasteiger partial charge in [0.2, 0.25) is 0 Å². The van der Waals surface area contributed by atoms with E-state index in [4.69, 9.17) is 4.74 Å². The Morgan fingerprint density at radius 2 is 1.92 bits per heavy atom. The van der Waals surface area contributed by atoms with Gasteiger partial charge in [-0.1, -0.05) is 11.6 Å². The van der Waals surface area contributed by atoms with Crippen LogP contribution < -0.4 is 0 Å². The van der Waals surface area contributed by atoms with Crippen molar-refractivity contribution in [3.8, 4) is 0 Å². The monoisotopic (exact) mass is 169 g/mol. The molecule has 1 heteroatoms. The summed E-state index contributed by atoms with van der Waals surface area (Å²) in [4.78, 5) is 0. The van der Waals surface area contributed by atoms with Gasteiger partial charge in [-0.05, 0) is 47.0 Å². The summed E-state index contributed by atoms with van der Waals surface area (Å²) in [5.74, 6) is 0. The van der Waals surface area contributed by atoms with E-state index >= 15 is 0 Å². The number of allylic oxidation sites excluding steroid dienone is 2. The molecule has 1 radical (unpaired) electrons. The zero-order valence-electron chi connectivity index (χ0n) is 8.98. The van der Waals surface area contributed by atoms with Crippen molar-refractivity contribution in [1.29, 1.82) is 0 Å². The fourth-order valence-corrected chi connectivity index (χ4v) is 0.833. The molecule has 0 aromatic carbocycles. The molecule has 12 heavy (non-hydrogen) atoms. The lowest BCUT2D eigenvalue weighted by atomic mass is 10.0. The Kier molecular flexibility index (Phi) is 5.23. The second-order valence-electron chi connectivity index (χ2n) is 3.97. The van der Waals surface area contributed by atoms with Gasteiger partial charge < -0.3 is 4.74 Å². The van der Waals surface area contributed by atoms with Crippen molar-refractivity contribution in [2.45, 2.75) is 46.1 Å². The van der Waals surface area contributed by atoms with Crippen molar-refractivity contribution in [3.05, 3.63) is 18.1 Å². The molecule has 0 aliphatic carbocycles. The van der Waals surface area contributed by atoms with Gasteiger partial charge in [0.1, 0.15) is 0 Å². The van der Waals surface area contributed by atoms with Crippen LogP contribution in [0.15, 0.2) is 11.6 Å². The SMILES string of the molecule is COC(C)(C)C[CH]CC=C(C)C. The van der Waals surface area contributed by atoms with E-state index in [2.05, 4.69) is 40.2 Å². The molecule has 0 spiro atoms. The largest absolute Gasteiger partial charge is 0.379 e. The molecule has 0 fully saturated rings. The van der Waals surface area contributed by atoms with E-state index in [1.54, 1.807) is 7.11 Å². The van der Waals surface area contributed by atoms with E-state index in [0.29, 0.717) is 0 Å². The Balaban J connectivity index is 3.50. The summed E-state index contributed by atoms with van der Waals surface area (Å²) in [6.45, 7) is 8.45. The number of hydrogen-bond donors (Lipinski definition) is 0. The third kappa shape index (κ3) is 6.41. The highest BCUT2D eigenvalue weighted by Crippen LogP contribution is 2.16. The molecule has 1 nitrogen and oxygen atoms in total. The van der Waals surface area contributed by atoms with E-state index < -0.39 is 0 Å². The van der Waals surface area contributed by atoms with E-state index in [1.807, 2.05) is 0 Å². The third-order valence-electron chi connectivity index (χ3n) is 1.88. The highest BCUT2D eigenvalue weighted by molar-refractivity contribution is 4.96. The normalized spacial score (nSPS) is 11.4. The summed E-state index contributed by atoms with van der Waals surface area (Å²) in [6, 6.07) is 0. The fraction of sp³-hybridized carbons (Fsp3) is 0.727. The van der Waals surface area contributed by atoms with Crippen molar-refractivity contribution < 1.29 is 4.74 Å². The lowest BCUT2D eigenvalue weighted by molar-refractivity contribution is 0.0221. The molecule has 0 aromatic heterocycles. The Bertz CT molecular complexity index is 141. The lowest BCUT2D eigenvalue weighted by Gasteiger charge is -2.21. The number of hydrogen-bond acceptors (Lipinski definition) is 1. The van der Waals surface area contributed by atoms with Crippen LogP contribution in [0, 0.1) is 6.42 Å². The first-order valence-corrected chi connectivity index (χ1v) is 4.48. The summed E-state index contributed by atoms with van der Waals surface area (Å²) in [7, 11) is 1.76. The molecule has 0 saturated heterocycles. The molecule has 0 saturated carbocycles. The molecule has 0 amide bonds. The maximum absolute atomic E-state index is 5.29. The summed E-state index contributed by atoms with van der Waals surface area (Å²) in [6.07, 6.45) is 6.55. The van der Waals surface area contributed by atoms with E-state index in [0.717, 1.165) is 12.8 Å². The van der Waals surface area contributed by atoms with Crippen LogP contribution in [0.5, 0.6) is 0 Å². The first-order chi connectivity index (χ1) is 5.48. The van der Waals surface area contributed by atoms with Crippen molar-refractivity contribution in [2.24, 2.45) is 0 Å². The standard InChI is InChI=1S/C11H21O/c1-10(2)8-6-7-9-11(3,4)12-5/h7-8H,6,9H2,1-5H3. The number of unbranched alkanes of at least 4 members (excludes halogenated alkanes) is 1. The molecular formula is C11H21O. The van der Waals surface area contributed by atoms with Gasteiger partial charge in [0.05, 0.1) is 5.60 Å². The van der Waals surface area contributed by atoms with E-state index in [9.17, 15) is 0 Å². The van der Waals surface area contributed by atoms with Crippen LogP contribution in [-0.4, -0.2) is 12.7 Å². The van der Waals surface area contributed by atoms with Crippen LogP contribution in [-0.2, 0) is 4.74 Å². The Labute approximate surface area is 76.8 Å². The molecule has 0 N–H and O–H groups in total. The van der Waals surface area contributed by atoms with Crippen LogP contribution >= 0.6 is 0 Å². The van der Waals surface area contributed by atoms with Gasteiger partial charge in [0, 0.05) is 7.11 Å².